The minimum atomic E-state index is -0.611. The predicted octanol–water partition coefficient (Wildman–Crippen LogP) is 4.25. The van der Waals surface area contributed by atoms with Crippen LogP contribution in [0.15, 0.2) is 54.6 Å². The van der Waals surface area contributed by atoms with Crippen molar-refractivity contribution < 1.29 is 14.3 Å². The lowest BCUT2D eigenvalue weighted by atomic mass is 9.69. The molecule has 0 radical (unpaired) electrons. The fourth-order valence-corrected chi connectivity index (χ4v) is 4.81. The zero-order chi connectivity index (χ0) is 19.4. The molecule has 1 amide bonds. The summed E-state index contributed by atoms with van der Waals surface area (Å²) >= 11 is 5.49. The minimum Gasteiger partial charge on any atom is -0.396 e. The first-order valence-corrected chi connectivity index (χ1v) is 9.62. The Morgan fingerprint density at radius 3 is 2.56 bits per heavy atom. The van der Waals surface area contributed by atoms with E-state index in [1.807, 2.05) is 12.1 Å². The van der Waals surface area contributed by atoms with Gasteiger partial charge in [0.2, 0.25) is 0 Å². The van der Waals surface area contributed by atoms with Crippen LogP contribution in [0.4, 0.5) is 4.39 Å². The molecule has 1 saturated carbocycles. The summed E-state index contributed by atoms with van der Waals surface area (Å²) in [6, 6.07) is 15.6. The van der Waals surface area contributed by atoms with E-state index in [0.29, 0.717) is 28.5 Å². The summed E-state index contributed by atoms with van der Waals surface area (Å²) in [4.78, 5) is 12.8. The fraction of sp³-hybridized carbons (Fsp3) is 0.364. The molecule has 1 aliphatic rings. The molecule has 142 valence electrons. The van der Waals surface area contributed by atoms with Crippen molar-refractivity contribution in [2.24, 2.45) is 11.8 Å². The summed E-state index contributed by atoms with van der Waals surface area (Å²) in [6.07, 6.45) is 1.86. The van der Waals surface area contributed by atoms with Crippen molar-refractivity contribution in [2.75, 3.05) is 6.61 Å². The average Bonchev–Trinajstić information content (AvgIpc) is 2.98. The number of halogens is 1. The number of carbonyl (C=O) groups is 1. The smallest absolute Gasteiger partial charge is 0.256 e. The number of aliphatic hydroxyl groups is 1. The second kappa shape index (κ2) is 8.28. The van der Waals surface area contributed by atoms with Gasteiger partial charge in [-0.15, -0.1) is 0 Å². The Bertz CT molecular complexity index is 826. The molecule has 1 fully saturated rings. The zero-order valence-electron chi connectivity index (χ0n) is 15.3. The predicted molar refractivity (Wildman–Crippen MR) is 108 cm³/mol. The monoisotopic (exact) mass is 385 g/mol. The first kappa shape index (κ1) is 19.6. The average molecular weight is 386 g/mol. The number of rotatable bonds is 5. The van der Waals surface area contributed by atoms with Gasteiger partial charge in [0.1, 0.15) is 5.82 Å². The van der Waals surface area contributed by atoms with Crippen molar-refractivity contribution in [3.05, 3.63) is 71.5 Å². The Labute approximate surface area is 164 Å². The number of hydrogen-bond acceptors (Lipinski definition) is 3. The van der Waals surface area contributed by atoms with Crippen LogP contribution in [0.25, 0.3) is 0 Å². The molecule has 0 spiro atoms. The van der Waals surface area contributed by atoms with Crippen molar-refractivity contribution in [3.63, 3.8) is 0 Å². The highest BCUT2D eigenvalue weighted by Gasteiger charge is 2.48. The van der Waals surface area contributed by atoms with Gasteiger partial charge >= 0.3 is 0 Å². The Morgan fingerprint density at radius 1 is 1.22 bits per heavy atom. The Hall–Kier alpha value is -2.11. The first-order chi connectivity index (χ1) is 13.0. The fourth-order valence-electron chi connectivity index (χ4n) is 4.46. The molecule has 0 aromatic heterocycles. The van der Waals surface area contributed by atoms with E-state index in [0.717, 1.165) is 12.8 Å². The summed E-state index contributed by atoms with van der Waals surface area (Å²) in [5.41, 5.74) is 0.489. The summed E-state index contributed by atoms with van der Waals surface area (Å²) in [6.45, 7) is 2.07. The van der Waals surface area contributed by atoms with Crippen LogP contribution in [0, 0.1) is 17.7 Å². The second-order valence-corrected chi connectivity index (χ2v) is 7.97. The Kier molecular flexibility index (Phi) is 6.02. The largest absolute Gasteiger partial charge is 0.396 e. The van der Waals surface area contributed by atoms with E-state index in [2.05, 4.69) is 12.2 Å². The lowest BCUT2D eigenvalue weighted by molar-refractivity contribution is 0.0976. The molecule has 2 aromatic rings. The van der Waals surface area contributed by atoms with Gasteiger partial charge in [0.15, 0.2) is 0 Å². The van der Waals surface area contributed by atoms with E-state index in [1.54, 1.807) is 36.4 Å². The van der Waals surface area contributed by atoms with Crippen molar-refractivity contribution in [3.8, 4) is 0 Å². The molecule has 0 saturated heterocycles. The van der Waals surface area contributed by atoms with Gasteiger partial charge in [-0.05, 0) is 48.4 Å². The molecule has 0 bridgehead atoms. The molecule has 3 atom stereocenters. The zero-order valence-corrected chi connectivity index (χ0v) is 16.1. The van der Waals surface area contributed by atoms with Gasteiger partial charge in [0.25, 0.3) is 5.91 Å². The molecule has 3 nitrogen and oxygen atoms in total. The molecule has 0 heterocycles. The Balaban J connectivity index is 1.87. The van der Waals surface area contributed by atoms with Crippen molar-refractivity contribution in [1.82, 2.24) is 5.32 Å². The summed E-state index contributed by atoms with van der Waals surface area (Å²) in [5, 5.41) is 12.8. The van der Waals surface area contributed by atoms with Gasteiger partial charge in [0, 0.05) is 24.0 Å². The molecule has 0 unspecified atom stereocenters. The van der Waals surface area contributed by atoms with Crippen LogP contribution in [0.2, 0.25) is 0 Å². The number of aliphatic hydroxyl groups excluding tert-OH is 1. The van der Waals surface area contributed by atoms with Gasteiger partial charge in [-0.25, -0.2) is 4.39 Å². The van der Waals surface area contributed by atoms with Crippen LogP contribution in [0.5, 0.6) is 0 Å². The molecule has 5 heteroatoms. The van der Waals surface area contributed by atoms with E-state index < -0.39 is 5.41 Å². The normalized spacial score (nSPS) is 24.6. The lowest BCUT2D eigenvalue weighted by Crippen LogP contribution is -2.40. The van der Waals surface area contributed by atoms with Crippen LogP contribution >= 0.6 is 12.2 Å². The SMILES string of the molecule is C[C@H]1C[C@@H](CO)[C@](CC(=S)NC(=O)c2ccccc2)(c2ccccc2F)C1. The van der Waals surface area contributed by atoms with Crippen LogP contribution in [-0.2, 0) is 5.41 Å². The summed E-state index contributed by atoms with van der Waals surface area (Å²) in [7, 11) is 0. The maximum absolute atomic E-state index is 14.7. The van der Waals surface area contributed by atoms with Crippen LogP contribution in [0.3, 0.4) is 0 Å². The molecular formula is C22H24FNO2S. The third kappa shape index (κ3) is 4.09. The maximum atomic E-state index is 14.7. The maximum Gasteiger partial charge on any atom is 0.256 e. The molecular weight excluding hydrogens is 361 g/mol. The minimum absolute atomic E-state index is 0.0338. The molecule has 0 aliphatic heterocycles. The first-order valence-electron chi connectivity index (χ1n) is 9.21. The van der Waals surface area contributed by atoms with Gasteiger partial charge in [-0.1, -0.05) is 55.5 Å². The number of benzene rings is 2. The number of carbonyl (C=O) groups excluding carboxylic acids is 1. The number of hydrogen-bond donors (Lipinski definition) is 2. The van der Waals surface area contributed by atoms with Gasteiger partial charge in [0.05, 0.1) is 4.99 Å². The van der Waals surface area contributed by atoms with Crippen LogP contribution < -0.4 is 5.32 Å². The standard InChI is InChI=1S/C22H24FNO2S/c1-15-11-17(14-25)22(12-15,18-9-5-6-10-19(18)23)13-20(27)24-21(26)16-7-3-2-4-8-16/h2-10,15,17,25H,11-14H2,1H3,(H,24,26,27)/t15-,17-,22-/m0/s1. The van der Waals surface area contributed by atoms with E-state index in [-0.39, 0.29) is 24.2 Å². The van der Waals surface area contributed by atoms with Crippen molar-refractivity contribution in [1.29, 1.82) is 0 Å². The van der Waals surface area contributed by atoms with E-state index >= 15 is 0 Å². The number of thiocarbonyl (C=S) groups is 1. The van der Waals surface area contributed by atoms with Gasteiger partial charge < -0.3 is 10.4 Å². The Morgan fingerprint density at radius 2 is 1.89 bits per heavy atom. The molecule has 2 aromatic carbocycles. The van der Waals surface area contributed by atoms with E-state index in [4.69, 9.17) is 12.2 Å². The quantitative estimate of drug-likeness (QED) is 0.757. The van der Waals surface area contributed by atoms with Gasteiger partial charge in [-0.2, -0.15) is 0 Å². The van der Waals surface area contributed by atoms with E-state index in [9.17, 15) is 14.3 Å². The van der Waals surface area contributed by atoms with Crippen molar-refractivity contribution >= 4 is 23.1 Å². The topological polar surface area (TPSA) is 49.3 Å². The lowest BCUT2D eigenvalue weighted by Gasteiger charge is -2.36. The van der Waals surface area contributed by atoms with E-state index in [1.165, 1.54) is 6.07 Å². The molecule has 27 heavy (non-hydrogen) atoms. The number of nitrogens with one attached hydrogen (secondary N) is 1. The highest BCUT2D eigenvalue weighted by atomic mass is 32.1. The van der Waals surface area contributed by atoms with Crippen molar-refractivity contribution in [2.45, 2.75) is 31.6 Å². The third-order valence-corrected chi connectivity index (χ3v) is 5.82. The third-order valence-electron chi connectivity index (χ3n) is 5.58. The van der Waals surface area contributed by atoms with Crippen LogP contribution in [0.1, 0.15) is 42.1 Å². The van der Waals surface area contributed by atoms with Crippen LogP contribution in [-0.4, -0.2) is 22.6 Å². The van der Waals surface area contributed by atoms with Gasteiger partial charge in [-0.3, -0.25) is 4.79 Å². The molecule has 3 rings (SSSR count). The highest BCUT2D eigenvalue weighted by Crippen LogP contribution is 2.51. The molecule has 2 N–H and O–H groups in total. The summed E-state index contributed by atoms with van der Waals surface area (Å²) in [5.74, 6) is -0.316. The summed E-state index contributed by atoms with van der Waals surface area (Å²) < 4.78 is 14.7. The second-order valence-electron chi connectivity index (χ2n) is 7.48. The molecule has 1 aliphatic carbocycles. The highest BCUT2D eigenvalue weighted by molar-refractivity contribution is 7.80. The number of amides is 1.